The Balaban J connectivity index is 1.47. The van der Waals surface area contributed by atoms with Gasteiger partial charge in [-0.3, -0.25) is 0 Å². The normalized spacial score (nSPS) is 47.8. The summed E-state index contributed by atoms with van der Waals surface area (Å²) in [6, 6.07) is 0. The van der Waals surface area contributed by atoms with E-state index in [1.54, 1.807) is 0 Å². The molecule has 5 rings (SSSR count). The monoisotopic (exact) mass is 397 g/mol. The van der Waals surface area contributed by atoms with Gasteiger partial charge in [0.1, 0.15) is 0 Å². The van der Waals surface area contributed by atoms with Crippen molar-refractivity contribution in [3.8, 4) is 0 Å². The van der Waals surface area contributed by atoms with E-state index in [-0.39, 0.29) is 12.2 Å². The standard InChI is InChI=1S/C22H39NO5/c1-6-23(7-2)13-8-14-24-19-16(4)18-10-9-15(3)17-11-12-21(5)26-20(25-19)22(17,18)28-27-21/h15-20H,6-14H2,1-5H3/t15-,16-,17?,18?,19+,20-,21-,22-/m1/s1. The average molecular weight is 398 g/mol. The Morgan fingerprint density at radius 2 is 1.82 bits per heavy atom. The second kappa shape index (κ2) is 8.12. The molecule has 6 heteroatoms. The highest BCUT2D eigenvalue weighted by molar-refractivity contribution is 5.09. The summed E-state index contributed by atoms with van der Waals surface area (Å²) in [7, 11) is 0. The largest absolute Gasteiger partial charge is 0.352 e. The first-order valence-corrected chi connectivity index (χ1v) is 11.5. The van der Waals surface area contributed by atoms with Crippen LogP contribution in [0.4, 0.5) is 0 Å². The van der Waals surface area contributed by atoms with Crippen LogP contribution in [0.15, 0.2) is 0 Å². The lowest BCUT2D eigenvalue weighted by molar-refractivity contribution is -0.577. The van der Waals surface area contributed by atoms with Crippen molar-refractivity contribution in [2.24, 2.45) is 23.7 Å². The van der Waals surface area contributed by atoms with Gasteiger partial charge in [0.2, 0.25) is 5.79 Å². The third-order valence-corrected chi connectivity index (χ3v) is 7.89. The van der Waals surface area contributed by atoms with Crippen LogP contribution in [0.5, 0.6) is 0 Å². The smallest absolute Gasteiger partial charge is 0.201 e. The highest BCUT2D eigenvalue weighted by Crippen LogP contribution is 2.60. The summed E-state index contributed by atoms with van der Waals surface area (Å²) in [5.74, 6) is 0.878. The minimum absolute atomic E-state index is 0.238. The third kappa shape index (κ3) is 3.44. The van der Waals surface area contributed by atoms with Crippen LogP contribution in [-0.2, 0) is 24.0 Å². The zero-order chi connectivity index (χ0) is 19.9. The summed E-state index contributed by atoms with van der Waals surface area (Å²) >= 11 is 0. The maximum atomic E-state index is 6.45. The minimum atomic E-state index is -0.717. The molecule has 0 aromatic carbocycles. The highest BCUT2D eigenvalue weighted by atomic mass is 17.3. The fourth-order valence-corrected chi connectivity index (χ4v) is 6.09. The fraction of sp³-hybridized carbons (Fsp3) is 1.00. The molecular weight excluding hydrogens is 358 g/mol. The summed E-state index contributed by atoms with van der Waals surface area (Å²) < 4.78 is 19.1. The van der Waals surface area contributed by atoms with E-state index in [4.69, 9.17) is 24.0 Å². The van der Waals surface area contributed by atoms with Crippen molar-refractivity contribution in [3.05, 3.63) is 0 Å². The van der Waals surface area contributed by atoms with Crippen LogP contribution in [0.1, 0.15) is 66.7 Å². The van der Waals surface area contributed by atoms with E-state index in [2.05, 4.69) is 32.6 Å². The van der Waals surface area contributed by atoms with Gasteiger partial charge in [0.25, 0.3) is 0 Å². The number of hydrogen-bond acceptors (Lipinski definition) is 6. The molecule has 28 heavy (non-hydrogen) atoms. The predicted molar refractivity (Wildman–Crippen MR) is 105 cm³/mol. The average Bonchev–Trinajstić information content (AvgIpc) is 2.91. The van der Waals surface area contributed by atoms with Crippen molar-refractivity contribution in [2.45, 2.75) is 90.7 Å². The van der Waals surface area contributed by atoms with Gasteiger partial charge in [-0.15, -0.1) is 0 Å². The zero-order valence-corrected chi connectivity index (χ0v) is 18.3. The highest BCUT2D eigenvalue weighted by Gasteiger charge is 2.69. The Bertz CT molecular complexity index is 543. The Kier molecular flexibility index (Phi) is 6.09. The van der Waals surface area contributed by atoms with Crippen LogP contribution in [0, 0.1) is 23.7 Å². The molecule has 2 unspecified atom stereocenters. The summed E-state index contributed by atoms with van der Waals surface area (Å²) in [5.41, 5.74) is -0.492. The number of nitrogens with zero attached hydrogens (tertiary/aromatic N) is 1. The molecule has 4 heterocycles. The lowest BCUT2D eigenvalue weighted by atomic mass is 9.58. The summed E-state index contributed by atoms with van der Waals surface area (Å²) in [4.78, 5) is 14.5. The molecule has 1 aliphatic carbocycles. The molecule has 1 saturated carbocycles. The lowest BCUT2D eigenvalue weighted by Crippen LogP contribution is -2.70. The van der Waals surface area contributed by atoms with Crippen molar-refractivity contribution in [3.63, 3.8) is 0 Å². The van der Waals surface area contributed by atoms with Gasteiger partial charge < -0.3 is 19.1 Å². The van der Waals surface area contributed by atoms with Crippen molar-refractivity contribution in [1.29, 1.82) is 0 Å². The molecule has 162 valence electrons. The molecule has 0 radical (unpaired) electrons. The molecular formula is C22H39NO5. The number of hydrogen-bond donors (Lipinski definition) is 0. The van der Waals surface area contributed by atoms with Crippen LogP contribution < -0.4 is 0 Å². The lowest BCUT2D eigenvalue weighted by Gasteiger charge is -2.60. The third-order valence-electron chi connectivity index (χ3n) is 7.89. The Hall–Kier alpha value is -0.240. The van der Waals surface area contributed by atoms with Crippen molar-refractivity contribution >= 4 is 0 Å². The van der Waals surface area contributed by atoms with E-state index in [0.717, 1.165) is 45.3 Å². The molecule has 5 fully saturated rings. The van der Waals surface area contributed by atoms with E-state index in [1.165, 1.54) is 6.42 Å². The van der Waals surface area contributed by atoms with Gasteiger partial charge in [-0.05, 0) is 57.5 Å². The Labute approximate surface area is 170 Å². The van der Waals surface area contributed by atoms with Crippen LogP contribution in [-0.4, -0.2) is 55.1 Å². The molecule has 4 saturated heterocycles. The molecule has 1 spiro atoms. The van der Waals surface area contributed by atoms with E-state index >= 15 is 0 Å². The summed E-state index contributed by atoms with van der Waals surface area (Å²) in [6.07, 6.45) is 4.63. The van der Waals surface area contributed by atoms with Crippen LogP contribution in [0.25, 0.3) is 0 Å². The predicted octanol–water partition coefficient (Wildman–Crippen LogP) is 3.94. The molecule has 0 aromatic heterocycles. The number of fused-ring (bicyclic) bond motifs is 2. The first-order chi connectivity index (χ1) is 13.4. The van der Waals surface area contributed by atoms with E-state index in [1.807, 2.05) is 6.92 Å². The topological polar surface area (TPSA) is 49.4 Å². The molecule has 0 amide bonds. The second-order valence-corrected chi connectivity index (χ2v) is 9.52. The van der Waals surface area contributed by atoms with Crippen molar-refractivity contribution in [1.82, 2.24) is 4.90 Å². The van der Waals surface area contributed by atoms with E-state index in [9.17, 15) is 0 Å². The van der Waals surface area contributed by atoms with Gasteiger partial charge >= 0.3 is 0 Å². The first-order valence-electron chi connectivity index (χ1n) is 11.5. The molecule has 4 aliphatic heterocycles. The molecule has 0 N–H and O–H groups in total. The second-order valence-electron chi connectivity index (χ2n) is 9.52. The molecule has 5 aliphatic rings. The quantitative estimate of drug-likeness (QED) is 0.479. The zero-order valence-electron chi connectivity index (χ0n) is 18.3. The maximum Gasteiger partial charge on any atom is 0.201 e. The molecule has 0 aromatic rings. The van der Waals surface area contributed by atoms with Gasteiger partial charge in [0.15, 0.2) is 18.2 Å². The summed E-state index contributed by atoms with van der Waals surface area (Å²) in [5, 5.41) is 0. The molecule has 8 atom stereocenters. The van der Waals surface area contributed by atoms with Crippen molar-refractivity contribution < 1.29 is 24.0 Å². The van der Waals surface area contributed by atoms with E-state index < -0.39 is 17.7 Å². The fourth-order valence-electron chi connectivity index (χ4n) is 6.09. The molecule has 2 bridgehead atoms. The van der Waals surface area contributed by atoms with Crippen LogP contribution >= 0.6 is 0 Å². The van der Waals surface area contributed by atoms with Gasteiger partial charge in [0, 0.05) is 24.8 Å². The van der Waals surface area contributed by atoms with E-state index in [0.29, 0.717) is 24.4 Å². The SMILES string of the molecule is CCN(CC)CCCO[C@H]1O[C@@H]2O[C@@]3(C)CCC4[C@H](C)CCC([C@H]1C)[C@]42OO3. The minimum Gasteiger partial charge on any atom is -0.352 e. The number of ether oxygens (including phenoxy) is 3. The number of rotatable bonds is 7. The van der Waals surface area contributed by atoms with Crippen LogP contribution in [0.3, 0.4) is 0 Å². The summed E-state index contributed by atoms with van der Waals surface area (Å²) in [6.45, 7) is 14.9. The molecule has 6 nitrogen and oxygen atoms in total. The Morgan fingerprint density at radius 1 is 1.04 bits per heavy atom. The van der Waals surface area contributed by atoms with Gasteiger partial charge in [-0.2, -0.15) is 0 Å². The van der Waals surface area contributed by atoms with Gasteiger partial charge in [-0.1, -0.05) is 27.7 Å². The van der Waals surface area contributed by atoms with Gasteiger partial charge in [0.05, 0.1) is 6.61 Å². The maximum absolute atomic E-state index is 6.45. The van der Waals surface area contributed by atoms with Gasteiger partial charge in [-0.25, -0.2) is 9.78 Å². The van der Waals surface area contributed by atoms with Crippen molar-refractivity contribution in [2.75, 3.05) is 26.2 Å². The first kappa shape index (κ1) is 21.0. The van der Waals surface area contributed by atoms with Crippen LogP contribution in [0.2, 0.25) is 0 Å². The Morgan fingerprint density at radius 3 is 2.57 bits per heavy atom.